The van der Waals surface area contributed by atoms with E-state index in [1.54, 1.807) is 26.3 Å². The minimum Gasteiger partial charge on any atom is -0.497 e. The van der Waals surface area contributed by atoms with Gasteiger partial charge in [-0.2, -0.15) is 10.2 Å². The van der Waals surface area contributed by atoms with Gasteiger partial charge < -0.3 is 9.15 Å². The topological polar surface area (TPSA) is 92.5 Å². The molecular formula is C17H16N4O3. The highest BCUT2D eigenvalue weighted by Gasteiger charge is 2.10. The fourth-order valence-electron chi connectivity index (χ4n) is 2.22. The van der Waals surface area contributed by atoms with Gasteiger partial charge in [-0.05, 0) is 37.3 Å². The van der Waals surface area contributed by atoms with Crippen LogP contribution in [0.4, 0.5) is 0 Å². The molecule has 0 fully saturated rings. The molecule has 24 heavy (non-hydrogen) atoms. The molecule has 0 unspecified atom stereocenters. The molecule has 0 spiro atoms. The van der Waals surface area contributed by atoms with Crippen molar-refractivity contribution >= 4 is 12.1 Å². The van der Waals surface area contributed by atoms with Crippen molar-refractivity contribution in [3.8, 4) is 17.0 Å². The highest BCUT2D eigenvalue weighted by molar-refractivity contribution is 5.96. The standard InChI is InChI=1S/C17H16N4O3/c1-11-15(7-8-24-11)17(22)21-19-10-13-9-18-20-16(13)12-3-5-14(23-2)6-4-12/h3-10H,1-2H3,(H,18,20)(H,21,22)/b19-10-. The summed E-state index contributed by atoms with van der Waals surface area (Å²) in [4.78, 5) is 12.0. The van der Waals surface area contributed by atoms with Crippen LogP contribution in [0, 0.1) is 6.92 Å². The van der Waals surface area contributed by atoms with Gasteiger partial charge >= 0.3 is 0 Å². The van der Waals surface area contributed by atoms with Gasteiger partial charge in [0.15, 0.2) is 0 Å². The first-order valence-corrected chi connectivity index (χ1v) is 7.24. The largest absolute Gasteiger partial charge is 0.497 e. The van der Waals surface area contributed by atoms with E-state index in [1.165, 1.54) is 12.5 Å². The number of carbonyl (C=O) groups excluding carboxylic acids is 1. The van der Waals surface area contributed by atoms with E-state index < -0.39 is 0 Å². The molecule has 0 aliphatic rings. The van der Waals surface area contributed by atoms with Crippen molar-refractivity contribution in [3.05, 3.63) is 59.7 Å². The monoisotopic (exact) mass is 324 g/mol. The first kappa shape index (κ1) is 15.5. The maximum Gasteiger partial charge on any atom is 0.274 e. The number of rotatable bonds is 5. The maximum absolute atomic E-state index is 12.0. The molecule has 2 N–H and O–H groups in total. The minimum absolute atomic E-state index is 0.327. The maximum atomic E-state index is 12.0. The lowest BCUT2D eigenvalue weighted by molar-refractivity contribution is 0.0953. The third-order valence-electron chi connectivity index (χ3n) is 3.52. The lowest BCUT2D eigenvalue weighted by atomic mass is 10.1. The molecule has 0 aliphatic heterocycles. The zero-order valence-corrected chi connectivity index (χ0v) is 13.2. The number of benzene rings is 1. The molecule has 0 saturated heterocycles. The van der Waals surface area contributed by atoms with Gasteiger partial charge in [-0.15, -0.1) is 0 Å². The van der Waals surface area contributed by atoms with Crippen LogP contribution in [0.25, 0.3) is 11.3 Å². The Bertz CT molecular complexity index is 862. The second-order valence-electron chi connectivity index (χ2n) is 5.02. The van der Waals surface area contributed by atoms with Gasteiger partial charge in [0.25, 0.3) is 5.91 Å². The predicted octanol–water partition coefficient (Wildman–Crippen LogP) is 2.75. The van der Waals surface area contributed by atoms with Crippen molar-refractivity contribution in [3.63, 3.8) is 0 Å². The van der Waals surface area contributed by atoms with Crippen LogP contribution in [0.2, 0.25) is 0 Å². The van der Waals surface area contributed by atoms with Crippen LogP contribution in [-0.4, -0.2) is 29.4 Å². The summed E-state index contributed by atoms with van der Waals surface area (Å²) < 4.78 is 10.2. The Morgan fingerprint density at radius 1 is 1.33 bits per heavy atom. The third-order valence-corrected chi connectivity index (χ3v) is 3.52. The molecule has 3 aromatic rings. The Labute approximate surface area is 138 Å². The summed E-state index contributed by atoms with van der Waals surface area (Å²) in [5.74, 6) is 0.994. The molecule has 2 heterocycles. The van der Waals surface area contributed by atoms with E-state index in [1.807, 2.05) is 24.3 Å². The number of hydrazone groups is 1. The molecule has 3 rings (SSSR count). The summed E-state index contributed by atoms with van der Waals surface area (Å²) in [7, 11) is 1.62. The van der Waals surface area contributed by atoms with Gasteiger partial charge in [0.2, 0.25) is 0 Å². The van der Waals surface area contributed by atoms with Crippen LogP contribution in [0.15, 0.2) is 52.3 Å². The van der Waals surface area contributed by atoms with Gasteiger partial charge in [0.05, 0.1) is 37.0 Å². The van der Waals surface area contributed by atoms with Crippen molar-refractivity contribution in [2.45, 2.75) is 6.92 Å². The molecule has 2 aromatic heterocycles. The molecule has 0 radical (unpaired) electrons. The minimum atomic E-state index is -0.327. The second-order valence-corrected chi connectivity index (χ2v) is 5.02. The van der Waals surface area contributed by atoms with Crippen molar-refractivity contribution in [1.29, 1.82) is 0 Å². The number of hydrogen-bond donors (Lipinski definition) is 2. The van der Waals surface area contributed by atoms with Crippen LogP contribution in [-0.2, 0) is 0 Å². The van der Waals surface area contributed by atoms with Crippen molar-refractivity contribution in [1.82, 2.24) is 15.6 Å². The number of carbonyl (C=O) groups is 1. The summed E-state index contributed by atoms with van der Waals surface area (Å²) in [6.07, 6.45) is 4.64. The highest BCUT2D eigenvalue weighted by Crippen LogP contribution is 2.22. The summed E-state index contributed by atoms with van der Waals surface area (Å²) in [6, 6.07) is 9.15. The zero-order valence-electron chi connectivity index (χ0n) is 13.2. The van der Waals surface area contributed by atoms with E-state index in [0.29, 0.717) is 11.3 Å². The molecule has 0 saturated carbocycles. The van der Waals surface area contributed by atoms with E-state index >= 15 is 0 Å². The van der Waals surface area contributed by atoms with Crippen LogP contribution in [0.3, 0.4) is 0 Å². The predicted molar refractivity (Wildman–Crippen MR) is 89.1 cm³/mol. The Morgan fingerprint density at radius 3 is 2.79 bits per heavy atom. The van der Waals surface area contributed by atoms with Crippen molar-refractivity contribution in [2.24, 2.45) is 5.10 Å². The van der Waals surface area contributed by atoms with Gasteiger partial charge in [0.1, 0.15) is 11.5 Å². The number of aromatic nitrogens is 2. The number of aryl methyl sites for hydroxylation is 1. The number of nitrogens with zero attached hydrogens (tertiary/aromatic N) is 2. The molecule has 0 aliphatic carbocycles. The zero-order chi connectivity index (χ0) is 16.9. The Balaban J connectivity index is 1.73. The number of ether oxygens (including phenoxy) is 1. The van der Waals surface area contributed by atoms with E-state index in [4.69, 9.17) is 9.15 Å². The number of amides is 1. The van der Waals surface area contributed by atoms with Crippen LogP contribution < -0.4 is 10.2 Å². The quantitative estimate of drug-likeness (QED) is 0.557. The van der Waals surface area contributed by atoms with Crippen molar-refractivity contribution < 1.29 is 13.9 Å². The summed E-state index contributed by atoms with van der Waals surface area (Å²) in [6.45, 7) is 1.72. The molecule has 1 amide bonds. The SMILES string of the molecule is COc1ccc(-c2[nH]ncc2/C=N\NC(=O)c2ccoc2C)cc1. The molecule has 7 heteroatoms. The molecule has 1 aromatic carbocycles. The molecule has 0 bridgehead atoms. The first-order chi connectivity index (χ1) is 11.7. The summed E-state index contributed by atoms with van der Waals surface area (Å²) in [5, 5.41) is 10.9. The number of H-pyrrole nitrogens is 1. The second kappa shape index (κ2) is 6.82. The number of hydrogen-bond acceptors (Lipinski definition) is 5. The van der Waals surface area contributed by atoms with Gasteiger partial charge in [0, 0.05) is 11.1 Å². The fourth-order valence-corrected chi connectivity index (χ4v) is 2.22. The smallest absolute Gasteiger partial charge is 0.274 e. The van der Waals surface area contributed by atoms with E-state index in [9.17, 15) is 4.79 Å². The summed E-state index contributed by atoms with van der Waals surface area (Å²) in [5.41, 5.74) is 5.42. The Kier molecular flexibility index (Phi) is 4.42. The fraction of sp³-hybridized carbons (Fsp3) is 0.118. The van der Waals surface area contributed by atoms with E-state index in [-0.39, 0.29) is 5.91 Å². The Hall–Kier alpha value is -3.35. The van der Waals surface area contributed by atoms with E-state index in [2.05, 4.69) is 20.7 Å². The average molecular weight is 324 g/mol. The first-order valence-electron chi connectivity index (χ1n) is 7.24. The third kappa shape index (κ3) is 3.19. The number of nitrogens with one attached hydrogen (secondary N) is 2. The molecule has 0 atom stereocenters. The van der Waals surface area contributed by atoms with Crippen LogP contribution in [0.1, 0.15) is 21.7 Å². The van der Waals surface area contributed by atoms with Crippen LogP contribution in [0.5, 0.6) is 5.75 Å². The van der Waals surface area contributed by atoms with Crippen molar-refractivity contribution in [2.75, 3.05) is 7.11 Å². The number of aromatic amines is 1. The molecule has 7 nitrogen and oxygen atoms in total. The summed E-state index contributed by atoms with van der Waals surface area (Å²) >= 11 is 0. The lowest BCUT2D eigenvalue weighted by Crippen LogP contribution is -2.17. The molecule has 122 valence electrons. The number of methoxy groups -OCH3 is 1. The van der Waals surface area contributed by atoms with E-state index in [0.717, 1.165) is 22.6 Å². The van der Waals surface area contributed by atoms with Crippen LogP contribution >= 0.6 is 0 Å². The van der Waals surface area contributed by atoms with Gasteiger partial charge in [-0.25, -0.2) is 5.43 Å². The van der Waals surface area contributed by atoms with Gasteiger partial charge in [-0.3, -0.25) is 9.89 Å². The lowest BCUT2D eigenvalue weighted by Gasteiger charge is -2.02. The normalized spacial score (nSPS) is 10.9. The average Bonchev–Trinajstić information content (AvgIpc) is 3.24. The number of furan rings is 1. The Morgan fingerprint density at radius 2 is 2.12 bits per heavy atom. The van der Waals surface area contributed by atoms with Gasteiger partial charge in [-0.1, -0.05) is 0 Å². The highest BCUT2D eigenvalue weighted by atomic mass is 16.5. The molecular weight excluding hydrogens is 308 g/mol.